The molecule has 0 saturated heterocycles. The van der Waals surface area contributed by atoms with E-state index >= 15 is 0 Å². The molecule has 3 rings (SSSR count). The third-order valence-corrected chi connectivity index (χ3v) is 5.20. The van der Waals surface area contributed by atoms with Gasteiger partial charge in [-0.25, -0.2) is 0 Å². The van der Waals surface area contributed by atoms with Crippen LogP contribution in [0.3, 0.4) is 0 Å². The zero-order chi connectivity index (χ0) is 13.8. The molecule has 2 unspecified atom stereocenters. The molecular weight excluding hydrogens is 266 g/mol. The van der Waals surface area contributed by atoms with E-state index in [2.05, 4.69) is 42.6 Å². The number of fused-ring (bicyclic) bond motifs is 1. The van der Waals surface area contributed by atoms with Crippen LogP contribution >= 0.6 is 11.8 Å². The van der Waals surface area contributed by atoms with Gasteiger partial charge in [0.15, 0.2) is 0 Å². The predicted octanol–water partition coefficient (Wildman–Crippen LogP) is 4.02. The van der Waals surface area contributed by atoms with E-state index in [-0.39, 0.29) is 6.10 Å². The Morgan fingerprint density at radius 1 is 1.35 bits per heavy atom. The first-order valence-electron chi connectivity index (χ1n) is 7.69. The minimum Gasteiger partial charge on any atom is -0.486 e. The summed E-state index contributed by atoms with van der Waals surface area (Å²) in [5, 5.41) is 3.65. The van der Waals surface area contributed by atoms with Crippen LogP contribution in [-0.4, -0.2) is 24.4 Å². The quantitative estimate of drug-likeness (QED) is 0.846. The van der Waals surface area contributed by atoms with E-state index in [0.717, 1.165) is 18.0 Å². The zero-order valence-electron chi connectivity index (χ0n) is 12.1. The van der Waals surface area contributed by atoms with E-state index in [1.54, 1.807) is 5.57 Å². The van der Waals surface area contributed by atoms with Crippen molar-refractivity contribution in [1.82, 2.24) is 5.32 Å². The molecule has 2 aliphatic rings. The number of hydrogen-bond acceptors (Lipinski definition) is 3. The van der Waals surface area contributed by atoms with E-state index < -0.39 is 0 Å². The summed E-state index contributed by atoms with van der Waals surface area (Å²) in [4.78, 5) is 1.27. The lowest BCUT2D eigenvalue weighted by atomic mass is 9.91. The SMILES string of the molecule is CCNC(C1=CCCCC1)C1CSc2ccccc2O1. The molecule has 0 fully saturated rings. The van der Waals surface area contributed by atoms with E-state index in [1.807, 2.05) is 11.8 Å². The van der Waals surface area contributed by atoms with Crippen LogP contribution in [0.5, 0.6) is 5.75 Å². The Morgan fingerprint density at radius 3 is 3.05 bits per heavy atom. The minimum absolute atomic E-state index is 0.249. The van der Waals surface area contributed by atoms with Gasteiger partial charge in [-0.15, -0.1) is 11.8 Å². The molecule has 1 aliphatic carbocycles. The van der Waals surface area contributed by atoms with Crippen LogP contribution in [0.4, 0.5) is 0 Å². The third kappa shape index (κ3) is 3.04. The maximum absolute atomic E-state index is 6.28. The third-order valence-electron chi connectivity index (χ3n) is 4.05. The molecule has 0 spiro atoms. The molecule has 0 amide bonds. The van der Waals surface area contributed by atoms with Crippen LogP contribution in [0, 0.1) is 0 Å². The highest BCUT2D eigenvalue weighted by molar-refractivity contribution is 7.99. The zero-order valence-corrected chi connectivity index (χ0v) is 12.9. The van der Waals surface area contributed by atoms with Gasteiger partial charge in [0, 0.05) is 10.6 Å². The first kappa shape index (κ1) is 14.0. The second-order valence-electron chi connectivity index (χ2n) is 5.47. The van der Waals surface area contributed by atoms with Crippen molar-refractivity contribution in [3.63, 3.8) is 0 Å². The summed E-state index contributed by atoms with van der Waals surface area (Å²) in [6, 6.07) is 8.76. The predicted molar refractivity (Wildman–Crippen MR) is 85.6 cm³/mol. The molecule has 108 valence electrons. The highest BCUT2D eigenvalue weighted by Gasteiger charge is 2.30. The standard InChI is InChI=1S/C17H23NOS/c1-2-18-17(13-8-4-3-5-9-13)15-12-20-16-11-7-6-10-14(16)19-15/h6-8,10-11,15,17-18H,2-5,9,12H2,1H3. The first-order valence-corrected chi connectivity index (χ1v) is 8.68. The number of benzene rings is 1. The molecule has 0 radical (unpaired) electrons. The molecule has 1 aliphatic heterocycles. The monoisotopic (exact) mass is 289 g/mol. The molecule has 1 N–H and O–H groups in total. The fourth-order valence-corrected chi connectivity index (χ4v) is 4.10. The molecule has 1 aromatic rings. The fraction of sp³-hybridized carbons (Fsp3) is 0.529. The number of allylic oxidation sites excluding steroid dienone is 1. The molecule has 3 heteroatoms. The van der Waals surface area contributed by atoms with Crippen molar-refractivity contribution in [2.24, 2.45) is 0 Å². The molecule has 1 heterocycles. The second-order valence-corrected chi connectivity index (χ2v) is 6.54. The number of hydrogen-bond donors (Lipinski definition) is 1. The molecule has 2 nitrogen and oxygen atoms in total. The van der Waals surface area contributed by atoms with E-state index in [4.69, 9.17) is 4.74 Å². The molecule has 20 heavy (non-hydrogen) atoms. The largest absolute Gasteiger partial charge is 0.486 e. The van der Waals surface area contributed by atoms with Crippen molar-refractivity contribution in [3.05, 3.63) is 35.9 Å². The van der Waals surface area contributed by atoms with Crippen molar-refractivity contribution in [2.75, 3.05) is 12.3 Å². The van der Waals surface area contributed by atoms with Crippen LogP contribution in [0.25, 0.3) is 0 Å². The summed E-state index contributed by atoms with van der Waals surface area (Å²) in [5.41, 5.74) is 1.56. The number of para-hydroxylation sites is 1. The Hall–Kier alpha value is -0.930. The molecular formula is C17H23NOS. The lowest BCUT2D eigenvalue weighted by molar-refractivity contribution is 0.178. The summed E-state index contributed by atoms with van der Waals surface area (Å²) >= 11 is 1.92. The van der Waals surface area contributed by atoms with Gasteiger partial charge in [-0.3, -0.25) is 0 Å². The van der Waals surface area contributed by atoms with Crippen molar-refractivity contribution in [1.29, 1.82) is 0 Å². The number of thioether (sulfide) groups is 1. The average Bonchev–Trinajstić information content (AvgIpc) is 2.53. The minimum atomic E-state index is 0.249. The lowest BCUT2D eigenvalue weighted by Crippen LogP contribution is -2.47. The number of ether oxygens (including phenoxy) is 1. The molecule has 1 aromatic carbocycles. The summed E-state index contributed by atoms with van der Waals surface area (Å²) in [6.07, 6.45) is 7.80. The van der Waals surface area contributed by atoms with Crippen LogP contribution in [0.1, 0.15) is 32.6 Å². The molecule has 2 atom stereocenters. The van der Waals surface area contributed by atoms with Crippen molar-refractivity contribution in [3.8, 4) is 5.75 Å². The first-order chi connectivity index (χ1) is 9.88. The highest BCUT2D eigenvalue weighted by Crippen LogP contribution is 2.37. The Bertz CT molecular complexity index is 486. The molecule has 0 bridgehead atoms. The van der Waals surface area contributed by atoms with Crippen molar-refractivity contribution in [2.45, 2.75) is 49.6 Å². The average molecular weight is 289 g/mol. The normalized spacial score (nSPS) is 23.4. The Morgan fingerprint density at radius 2 is 2.25 bits per heavy atom. The van der Waals surface area contributed by atoms with Gasteiger partial charge in [0.1, 0.15) is 11.9 Å². The highest BCUT2D eigenvalue weighted by atomic mass is 32.2. The Labute approximate surface area is 126 Å². The van der Waals surface area contributed by atoms with Gasteiger partial charge in [0.05, 0.1) is 6.04 Å². The topological polar surface area (TPSA) is 21.3 Å². The Balaban J connectivity index is 1.77. The van der Waals surface area contributed by atoms with E-state index in [0.29, 0.717) is 6.04 Å². The summed E-state index contributed by atoms with van der Waals surface area (Å²) < 4.78 is 6.28. The molecule has 0 aromatic heterocycles. The maximum atomic E-state index is 6.28. The van der Waals surface area contributed by atoms with Gasteiger partial charge in [0.2, 0.25) is 0 Å². The van der Waals surface area contributed by atoms with Gasteiger partial charge >= 0.3 is 0 Å². The van der Waals surface area contributed by atoms with Gasteiger partial charge in [-0.2, -0.15) is 0 Å². The fourth-order valence-electron chi connectivity index (χ4n) is 3.07. The van der Waals surface area contributed by atoms with Gasteiger partial charge in [0.25, 0.3) is 0 Å². The number of likely N-dealkylation sites (N-methyl/N-ethyl adjacent to an activating group) is 1. The molecule has 0 saturated carbocycles. The van der Waals surface area contributed by atoms with Crippen molar-refractivity contribution >= 4 is 11.8 Å². The summed E-state index contributed by atoms with van der Waals surface area (Å²) in [6.45, 7) is 3.18. The summed E-state index contributed by atoms with van der Waals surface area (Å²) in [5.74, 6) is 2.08. The Kier molecular flexibility index (Phi) is 4.69. The van der Waals surface area contributed by atoms with Gasteiger partial charge in [-0.05, 0) is 44.4 Å². The van der Waals surface area contributed by atoms with Crippen LogP contribution < -0.4 is 10.1 Å². The second kappa shape index (κ2) is 6.68. The maximum Gasteiger partial charge on any atom is 0.133 e. The van der Waals surface area contributed by atoms with Gasteiger partial charge < -0.3 is 10.1 Å². The van der Waals surface area contributed by atoms with Crippen LogP contribution in [-0.2, 0) is 0 Å². The summed E-state index contributed by atoms with van der Waals surface area (Å²) in [7, 11) is 0. The smallest absolute Gasteiger partial charge is 0.133 e. The van der Waals surface area contributed by atoms with Crippen molar-refractivity contribution < 1.29 is 4.74 Å². The van der Waals surface area contributed by atoms with Crippen LogP contribution in [0.2, 0.25) is 0 Å². The van der Waals surface area contributed by atoms with Gasteiger partial charge in [-0.1, -0.05) is 30.7 Å². The van der Waals surface area contributed by atoms with E-state index in [1.165, 1.54) is 30.6 Å². The van der Waals surface area contributed by atoms with Crippen LogP contribution in [0.15, 0.2) is 40.8 Å². The number of nitrogens with one attached hydrogen (secondary N) is 1. The van der Waals surface area contributed by atoms with E-state index in [9.17, 15) is 0 Å². The number of rotatable bonds is 4. The lowest BCUT2D eigenvalue weighted by Gasteiger charge is -2.34.